The lowest BCUT2D eigenvalue weighted by molar-refractivity contribution is 0.102. The number of thioether (sulfide) groups is 1. The molecule has 29 heavy (non-hydrogen) atoms. The number of anilines is 1. The van der Waals surface area contributed by atoms with Gasteiger partial charge in [-0.25, -0.2) is 4.98 Å². The average Bonchev–Trinajstić information content (AvgIpc) is 2.74. The molecule has 0 spiro atoms. The highest BCUT2D eigenvalue weighted by Crippen LogP contribution is 2.29. The van der Waals surface area contributed by atoms with Crippen LogP contribution in [0.1, 0.15) is 21.6 Å². The van der Waals surface area contributed by atoms with E-state index in [0.717, 1.165) is 16.1 Å². The Morgan fingerprint density at radius 1 is 1.03 bits per heavy atom. The minimum atomic E-state index is -0.156. The van der Waals surface area contributed by atoms with Gasteiger partial charge in [-0.15, -0.1) is 11.8 Å². The lowest BCUT2D eigenvalue weighted by Gasteiger charge is -2.11. The zero-order chi connectivity index (χ0) is 20.2. The summed E-state index contributed by atoms with van der Waals surface area (Å²) in [5, 5.41) is 2.97. The van der Waals surface area contributed by atoms with Gasteiger partial charge in [0.2, 0.25) is 0 Å². The SMILES string of the molecule is Cc1cccn2c(=O)cc(CSc3ccccc3NC(=O)c3ccccc3)nc12. The number of hydrogen-bond acceptors (Lipinski definition) is 4. The summed E-state index contributed by atoms with van der Waals surface area (Å²) in [6.45, 7) is 1.94. The Bertz CT molecular complexity index is 1240. The van der Waals surface area contributed by atoms with Crippen LogP contribution >= 0.6 is 11.8 Å². The van der Waals surface area contributed by atoms with E-state index in [9.17, 15) is 9.59 Å². The van der Waals surface area contributed by atoms with Gasteiger partial charge < -0.3 is 5.32 Å². The number of amides is 1. The van der Waals surface area contributed by atoms with Gasteiger partial charge in [0, 0.05) is 28.5 Å². The number of benzene rings is 2. The van der Waals surface area contributed by atoms with E-state index < -0.39 is 0 Å². The molecule has 4 aromatic rings. The summed E-state index contributed by atoms with van der Waals surface area (Å²) in [5.74, 6) is 0.370. The zero-order valence-corrected chi connectivity index (χ0v) is 16.6. The third-order valence-electron chi connectivity index (χ3n) is 4.49. The number of carbonyl (C=O) groups excluding carboxylic acids is 1. The Labute approximate surface area is 172 Å². The van der Waals surface area contributed by atoms with Crippen LogP contribution in [0.4, 0.5) is 5.69 Å². The number of nitrogens with one attached hydrogen (secondary N) is 1. The Morgan fingerprint density at radius 3 is 2.62 bits per heavy atom. The number of para-hydroxylation sites is 1. The van der Waals surface area contributed by atoms with E-state index in [0.29, 0.717) is 22.7 Å². The standard InChI is InChI=1S/C23H19N3O2S/c1-16-8-7-13-26-21(27)14-18(24-22(16)26)15-29-20-12-6-5-11-19(20)25-23(28)17-9-3-2-4-10-17/h2-14H,15H2,1H3,(H,25,28). The topological polar surface area (TPSA) is 63.5 Å². The van der Waals surface area contributed by atoms with Gasteiger partial charge in [0.05, 0.1) is 11.4 Å². The summed E-state index contributed by atoms with van der Waals surface area (Å²) in [6, 6.07) is 22.1. The molecule has 1 N–H and O–H groups in total. The molecule has 0 aliphatic rings. The van der Waals surface area contributed by atoms with Crippen LogP contribution in [0, 0.1) is 6.92 Å². The second-order valence-corrected chi connectivity index (χ2v) is 7.59. The summed E-state index contributed by atoms with van der Waals surface area (Å²) in [5.41, 5.74) is 3.57. The van der Waals surface area contributed by atoms with Gasteiger partial charge in [-0.2, -0.15) is 0 Å². The van der Waals surface area contributed by atoms with Gasteiger partial charge in [0.15, 0.2) is 0 Å². The summed E-state index contributed by atoms with van der Waals surface area (Å²) < 4.78 is 1.55. The normalized spacial score (nSPS) is 10.8. The maximum Gasteiger partial charge on any atom is 0.258 e. The van der Waals surface area contributed by atoms with Crippen LogP contribution in [-0.2, 0) is 5.75 Å². The van der Waals surface area contributed by atoms with Gasteiger partial charge in [-0.1, -0.05) is 36.4 Å². The van der Waals surface area contributed by atoms with E-state index in [-0.39, 0.29) is 11.5 Å². The smallest absolute Gasteiger partial charge is 0.258 e. The molecule has 144 valence electrons. The molecule has 2 heterocycles. The van der Waals surface area contributed by atoms with Crippen LogP contribution in [0.15, 0.2) is 88.7 Å². The summed E-state index contributed by atoms with van der Waals surface area (Å²) in [7, 11) is 0. The van der Waals surface area contributed by atoms with Crippen molar-refractivity contribution in [3.05, 3.63) is 106 Å². The molecule has 5 nitrogen and oxygen atoms in total. The highest BCUT2D eigenvalue weighted by Gasteiger charge is 2.10. The molecule has 6 heteroatoms. The lowest BCUT2D eigenvalue weighted by Crippen LogP contribution is -2.15. The summed E-state index contributed by atoms with van der Waals surface area (Å²) in [6.07, 6.45) is 1.73. The number of rotatable bonds is 5. The molecular formula is C23H19N3O2S. The molecule has 2 aromatic heterocycles. The predicted molar refractivity (Wildman–Crippen MR) is 117 cm³/mol. The highest BCUT2D eigenvalue weighted by molar-refractivity contribution is 7.98. The van der Waals surface area contributed by atoms with E-state index in [4.69, 9.17) is 0 Å². The van der Waals surface area contributed by atoms with Crippen molar-refractivity contribution in [2.45, 2.75) is 17.6 Å². The largest absolute Gasteiger partial charge is 0.321 e. The molecule has 0 radical (unpaired) electrons. The Kier molecular flexibility index (Phi) is 5.44. The molecule has 0 saturated heterocycles. The van der Waals surface area contributed by atoms with Gasteiger partial charge in [0.25, 0.3) is 11.5 Å². The first-order valence-electron chi connectivity index (χ1n) is 9.18. The van der Waals surface area contributed by atoms with E-state index >= 15 is 0 Å². The fourth-order valence-corrected chi connectivity index (χ4v) is 3.91. The van der Waals surface area contributed by atoms with E-state index in [2.05, 4.69) is 10.3 Å². The van der Waals surface area contributed by atoms with Crippen molar-refractivity contribution < 1.29 is 4.79 Å². The first-order valence-corrected chi connectivity index (χ1v) is 10.2. The third kappa shape index (κ3) is 4.22. The van der Waals surface area contributed by atoms with Crippen LogP contribution in [-0.4, -0.2) is 15.3 Å². The Morgan fingerprint density at radius 2 is 1.79 bits per heavy atom. The number of fused-ring (bicyclic) bond motifs is 1. The lowest BCUT2D eigenvalue weighted by atomic mass is 10.2. The fraction of sp³-hybridized carbons (Fsp3) is 0.0870. The number of carbonyl (C=O) groups is 1. The molecule has 0 aliphatic carbocycles. The van der Waals surface area contributed by atoms with Gasteiger partial charge in [-0.3, -0.25) is 14.0 Å². The molecule has 0 atom stereocenters. The molecule has 0 bridgehead atoms. The molecule has 0 unspecified atom stereocenters. The predicted octanol–water partition coefficient (Wildman–Crippen LogP) is 4.55. The summed E-state index contributed by atoms with van der Waals surface area (Å²) >= 11 is 1.54. The van der Waals surface area contributed by atoms with Crippen LogP contribution < -0.4 is 10.9 Å². The number of aromatic nitrogens is 2. The van der Waals surface area contributed by atoms with E-state index in [1.54, 1.807) is 28.8 Å². The monoisotopic (exact) mass is 401 g/mol. The number of nitrogens with zero attached hydrogens (tertiary/aromatic N) is 2. The van der Waals surface area contributed by atoms with Gasteiger partial charge in [0.1, 0.15) is 5.65 Å². The highest BCUT2D eigenvalue weighted by atomic mass is 32.2. The molecular weight excluding hydrogens is 382 g/mol. The van der Waals surface area contributed by atoms with Crippen molar-refractivity contribution in [3.63, 3.8) is 0 Å². The van der Waals surface area contributed by atoms with E-state index in [1.165, 1.54) is 11.8 Å². The first-order chi connectivity index (χ1) is 14.1. The van der Waals surface area contributed by atoms with Crippen molar-refractivity contribution in [1.29, 1.82) is 0 Å². The molecule has 2 aromatic carbocycles. The number of aryl methyl sites for hydroxylation is 1. The molecule has 1 amide bonds. The van der Waals surface area contributed by atoms with Crippen LogP contribution in [0.3, 0.4) is 0 Å². The Balaban J connectivity index is 1.55. The second-order valence-electron chi connectivity index (χ2n) is 6.58. The quantitative estimate of drug-likeness (QED) is 0.499. The van der Waals surface area contributed by atoms with Crippen molar-refractivity contribution in [2.24, 2.45) is 0 Å². The molecule has 4 rings (SSSR count). The first kappa shape index (κ1) is 19.0. The van der Waals surface area contributed by atoms with Gasteiger partial charge in [-0.05, 0) is 42.8 Å². The van der Waals surface area contributed by atoms with Crippen molar-refractivity contribution in [2.75, 3.05) is 5.32 Å². The maximum absolute atomic E-state index is 12.5. The fourth-order valence-electron chi connectivity index (χ4n) is 3.01. The third-order valence-corrected chi connectivity index (χ3v) is 5.59. The minimum absolute atomic E-state index is 0.0973. The van der Waals surface area contributed by atoms with E-state index in [1.807, 2.05) is 61.5 Å². The zero-order valence-electron chi connectivity index (χ0n) is 15.8. The maximum atomic E-state index is 12.5. The number of pyridine rings is 1. The van der Waals surface area contributed by atoms with Crippen molar-refractivity contribution >= 4 is 29.0 Å². The van der Waals surface area contributed by atoms with Crippen molar-refractivity contribution in [1.82, 2.24) is 9.38 Å². The molecule has 0 fully saturated rings. The molecule has 0 saturated carbocycles. The van der Waals surface area contributed by atoms with Crippen LogP contribution in [0.25, 0.3) is 5.65 Å². The number of hydrogen-bond donors (Lipinski definition) is 1. The van der Waals surface area contributed by atoms with Crippen LogP contribution in [0.5, 0.6) is 0 Å². The summed E-state index contributed by atoms with van der Waals surface area (Å²) in [4.78, 5) is 30.4. The minimum Gasteiger partial charge on any atom is -0.321 e. The Hall–Kier alpha value is -3.38. The van der Waals surface area contributed by atoms with Crippen LogP contribution in [0.2, 0.25) is 0 Å². The average molecular weight is 401 g/mol. The van der Waals surface area contributed by atoms with Crippen molar-refractivity contribution in [3.8, 4) is 0 Å². The van der Waals surface area contributed by atoms with Gasteiger partial charge >= 0.3 is 0 Å². The molecule has 0 aliphatic heterocycles. The second kappa shape index (κ2) is 8.32.